The van der Waals surface area contributed by atoms with Crippen LogP contribution in [-0.2, 0) is 6.54 Å². The number of piperidine rings is 1. The molecule has 138 valence electrons. The van der Waals surface area contributed by atoms with Crippen LogP contribution in [0.2, 0.25) is 0 Å². The number of carboxylic acid groups (broad SMARTS) is 1. The van der Waals surface area contributed by atoms with Crippen molar-refractivity contribution >= 4 is 6.09 Å². The van der Waals surface area contributed by atoms with Crippen molar-refractivity contribution in [2.75, 3.05) is 32.8 Å². The first kappa shape index (κ1) is 18.0. The highest BCUT2D eigenvalue weighted by atomic mass is 16.5. The molecule has 0 spiro atoms. The number of ether oxygens (including phenoxy) is 1. The van der Waals surface area contributed by atoms with Crippen LogP contribution in [0.15, 0.2) is 18.2 Å². The Morgan fingerprint density at radius 3 is 2.56 bits per heavy atom. The summed E-state index contributed by atoms with van der Waals surface area (Å²) in [4.78, 5) is 14.6. The van der Waals surface area contributed by atoms with Gasteiger partial charge in [0.25, 0.3) is 0 Å². The quantitative estimate of drug-likeness (QED) is 0.854. The van der Waals surface area contributed by atoms with Crippen LogP contribution in [-0.4, -0.2) is 65.0 Å². The Morgan fingerprint density at radius 1 is 1.32 bits per heavy atom. The number of carbonyl (C=O) groups is 1. The number of amides is 1. The number of likely N-dealkylation sites (tertiary alicyclic amines) is 2. The number of rotatable bonds is 5. The lowest BCUT2D eigenvalue weighted by Gasteiger charge is -2.38. The third-order valence-corrected chi connectivity index (χ3v) is 5.57. The van der Waals surface area contributed by atoms with Crippen molar-refractivity contribution in [1.29, 1.82) is 0 Å². The molecule has 2 N–H and O–H groups in total. The van der Waals surface area contributed by atoms with Crippen LogP contribution in [0, 0.1) is 12.3 Å². The highest BCUT2D eigenvalue weighted by Gasteiger charge is 2.32. The first-order valence-corrected chi connectivity index (χ1v) is 8.96. The minimum atomic E-state index is -0.884. The van der Waals surface area contributed by atoms with Gasteiger partial charge in [0.1, 0.15) is 11.9 Å². The van der Waals surface area contributed by atoms with E-state index in [1.165, 1.54) is 16.0 Å². The minimum absolute atomic E-state index is 0.0420. The van der Waals surface area contributed by atoms with Gasteiger partial charge in [0.2, 0.25) is 0 Å². The van der Waals surface area contributed by atoms with E-state index in [0.29, 0.717) is 13.1 Å². The second kappa shape index (κ2) is 7.22. The molecule has 0 radical (unpaired) electrons. The van der Waals surface area contributed by atoms with E-state index in [2.05, 4.69) is 24.8 Å². The number of hydrogen-bond donors (Lipinski definition) is 2. The van der Waals surface area contributed by atoms with Crippen molar-refractivity contribution in [3.8, 4) is 5.75 Å². The van der Waals surface area contributed by atoms with E-state index in [1.54, 1.807) is 0 Å². The highest BCUT2D eigenvalue weighted by Crippen LogP contribution is 2.31. The molecule has 0 aliphatic carbocycles. The molecule has 2 heterocycles. The Morgan fingerprint density at radius 2 is 2.00 bits per heavy atom. The molecule has 1 aromatic rings. The second-order valence-corrected chi connectivity index (χ2v) is 7.76. The van der Waals surface area contributed by atoms with Gasteiger partial charge >= 0.3 is 6.09 Å². The molecule has 0 aromatic heterocycles. The zero-order chi connectivity index (χ0) is 18.0. The molecule has 6 nitrogen and oxygen atoms in total. The highest BCUT2D eigenvalue weighted by molar-refractivity contribution is 5.66. The summed E-state index contributed by atoms with van der Waals surface area (Å²) in [6.45, 7) is 8.35. The second-order valence-electron chi connectivity index (χ2n) is 7.76. The van der Waals surface area contributed by atoms with Crippen LogP contribution < -0.4 is 4.74 Å². The van der Waals surface area contributed by atoms with E-state index < -0.39 is 6.09 Å². The van der Waals surface area contributed by atoms with Gasteiger partial charge < -0.3 is 19.8 Å². The average Bonchev–Trinajstić information content (AvgIpc) is 2.54. The van der Waals surface area contributed by atoms with Crippen LogP contribution in [0.4, 0.5) is 4.79 Å². The fraction of sp³-hybridized carbons (Fsp3) is 0.632. The predicted octanol–water partition coefficient (Wildman–Crippen LogP) is 2.33. The predicted molar refractivity (Wildman–Crippen MR) is 94.9 cm³/mol. The van der Waals surface area contributed by atoms with Gasteiger partial charge in [-0.05, 0) is 61.5 Å². The van der Waals surface area contributed by atoms with Crippen molar-refractivity contribution < 1.29 is 19.7 Å². The summed E-state index contributed by atoms with van der Waals surface area (Å²) < 4.78 is 5.85. The molecule has 2 aliphatic rings. The lowest BCUT2D eigenvalue weighted by Crippen LogP contribution is -2.55. The van der Waals surface area contributed by atoms with Gasteiger partial charge in [-0.3, -0.25) is 4.90 Å². The van der Waals surface area contributed by atoms with Crippen molar-refractivity contribution in [3.05, 3.63) is 29.3 Å². The Bertz CT molecular complexity index is 620. The first-order chi connectivity index (χ1) is 11.9. The molecule has 1 amide bonds. The van der Waals surface area contributed by atoms with E-state index in [1.807, 2.05) is 12.1 Å². The summed E-state index contributed by atoms with van der Waals surface area (Å²) in [5.41, 5.74) is 2.57. The lowest BCUT2D eigenvalue weighted by molar-refractivity contribution is 0.0251. The normalized spacial score (nSPS) is 21.0. The average molecular weight is 348 g/mol. The molecule has 0 unspecified atom stereocenters. The summed E-state index contributed by atoms with van der Waals surface area (Å²) in [6, 6.07) is 6.13. The summed E-state index contributed by atoms with van der Waals surface area (Å²) in [6.07, 6.45) is 1.14. The number of aryl methyl sites for hydroxylation is 1. The van der Waals surface area contributed by atoms with E-state index in [-0.39, 0.29) is 18.1 Å². The van der Waals surface area contributed by atoms with Crippen LogP contribution in [0.5, 0.6) is 5.75 Å². The van der Waals surface area contributed by atoms with Crippen LogP contribution in [0.25, 0.3) is 0 Å². The number of aliphatic hydroxyl groups is 1. The summed E-state index contributed by atoms with van der Waals surface area (Å²) in [5.74, 6) is 0.808. The van der Waals surface area contributed by atoms with Gasteiger partial charge in [0.15, 0.2) is 0 Å². The van der Waals surface area contributed by atoms with Gasteiger partial charge in [-0.2, -0.15) is 0 Å². The van der Waals surface area contributed by atoms with Crippen LogP contribution in [0.3, 0.4) is 0 Å². The van der Waals surface area contributed by atoms with Crippen LogP contribution >= 0.6 is 0 Å². The SMILES string of the molecule is Cc1cc(OC2CN(C(=O)O)C2)ccc1CN1CCC(C)(CO)CC1. The fourth-order valence-corrected chi connectivity index (χ4v) is 3.43. The molecule has 2 fully saturated rings. The van der Waals surface area contributed by atoms with Crippen molar-refractivity contribution in [2.45, 2.75) is 39.3 Å². The van der Waals surface area contributed by atoms with Crippen LogP contribution in [0.1, 0.15) is 30.9 Å². The Balaban J connectivity index is 1.52. The lowest BCUT2D eigenvalue weighted by atomic mass is 9.81. The largest absolute Gasteiger partial charge is 0.487 e. The maximum atomic E-state index is 10.8. The molecule has 6 heteroatoms. The van der Waals surface area contributed by atoms with E-state index in [9.17, 15) is 9.90 Å². The smallest absolute Gasteiger partial charge is 0.407 e. The maximum Gasteiger partial charge on any atom is 0.407 e. The fourth-order valence-electron chi connectivity index (χ4n) is 3.43. The maximum absolute atomic E-state index is 10.8. The molecule has 0 atom stereocenters. The molecule has 3 rings (SSSR count). The van der Waals surface area contributed by atoms with Crippen molar-refractivity contribution in [2.24, 2.45) is 5.41 Å². The molecule has 1 aromatic carbocycles. The first-order valence-electron chi connectivity index (χ1n) is 8.96. The van der Waals surface area contributed by atoms with E-state index >= 15 is 0 Å². The van der Waals surface area contributed by atoms with Gasteiger partial charge in [0.05, 0.1) is 13.1 Å². The molecule has 25 heavy (non-hydrogen) atoms. The van der Waals surface area contributed by atoms with Gasteiger partial charge in [-0.25, -0.2) is 4.79 Å². The van der Waals surface area contributed by atoms with Crippen molar-refractivity contribution in [3.63, 3.8) is 0 Å². The van der Waals surface area contributed by atoms with Gasteiger partial charge in [-0.1, -0.05) is 13.0 Å². The summed E-state index contributed by atoms with van der Waals surface area (Å²) >= 11 is 0. The molecule has 0 saturated carbocycles. The third kappa shape index (κ3) is 4.25. The standard InChI is InChI=1S/C19H28N2O4/c1-14-9-16(25-17-11-21(12-17)18(23)24)4-3-15(14)10-20-7-5-19(2,13-22)6-8-20/h3-4,9,17,22H,5-8,10-13H2,1-2H3,(H,23,24). The van der Waals surface area contributed by atoms with Crippen molar-refractivity contribution in [1.82, 2.24) is 9.80 Å². The number of benzene rings is 1. The Hall–Kier alpha value is -1.79. The number of hydrogen-bond acceptors (Lipinski definition) is 4. The molecule has 2 aliphatic heterocycles. The number of aliphatic hydroxyl groups excluding tert-OH is 1. The topological polar surface area (TPSA) is 73.2 Å². The Kier molecular flexibility index (Phi) is 5.20. The number of nitrogens with zero attached hydrogens (tertiary/aromatic N) is 2. The summed E-state index contributed by atoms with van der Waals surface area (Å²) in [5, 5.41) is 18.3. The molecule has 0 bridgehead atoms. The summed E-state index contributed by atoms with van der Waals surface area (Å²) in [7, 11) is 0. The molecular formula is C19H28N2O4. The van der Waals surface area contributed by atoms with E-state index in [4.69, 9.17) is 9.84 Å². The molecule has 2 saturated heterocycles. The Labute approximate surface area is 149 Å². The zero-order valence-electron chi connectivity index (χ0n) is 15.1. The monoisotopic (exact) mass is 348 g/mol. The molecular weight excluding hydrogens is 320 g/mol. The zero-order valence-corrected chi connectivity index (χ0v) is 15.1. The van der Waals surface area contributed by atoms with E-state index in [0.717, 1.165) is 38.2 Å². The third-order valence-electron chi connectivity index (χ3n) is 5.57. The van der Waals surface area contributed by atoms with Gasteiger partial charge in [-0.15, -0.1) is 0 Å². The minimum Gasteiger partial charge on any atom is -0.487 e. The van der Waals surface area contributed by atoms with Gasteiger partial charge in [0, 0.05) is 13.2 Å².